The van der Waals surface area contributed by atoms with Gasteiger partial charge in [0.2, 0.25) is 6.08 Å². The number of hydrogen-bond acceptors (Lipinski definition) is 3. The summed E-state index contributed by atoms with van der Waals surface area (Å²) in [6.45, 7) is 0.230. The smallest absolute Gasteiger partial charge is 0.294 e. The van der Waals surface area contributed by atoms with Gasteiger partial charge in [0.15, 0.2) is 0 Å². The number of isocyanates is 1. The predicted octanol–water partition coefficient (Wildman–Crippen LogP) is 4.02. The third-order valence-electron chi connectivity index (χ3n) is 2.77. The first-order valence-corrected chi connectivity index (χ1v) is 6.28. The lowest BCUT2D eigenvalue weighted by atomic mass is 10.1. The van der Waals surface area contributed by atoms with E-state index in [0.717, 1.165) is 0 Å². The number of halogens is 1. The summed E-state index contributed by atoms with van der Waals surface area (Å²) in [6, 6.07) is 16.1. The molecule has 2 rings (SSSR count). The molecule has 0 aliphatic heterocycles. The van der Waals surface area contributed by atoms with Crippen molar-refractivity contribution in [2.45, 2.75) is 6.54 Å². The molecular formula is C15H11ClN2O2. The molecule has 1 amide bonds. The second kappa shape index (κ2) is 6.66. The van der Waals surface area contributed by atoms with Crippen molar-refractivity contribution in [3.8, 4) is 0 Å². The molecule has 0 N–H and O–H groups in total. The van der Waals surface area contributed by atoms with Gasteiger partial charge in [0.25, 0.3) is 0 Å². The van der Waals surface area contributed by atoms with Gasteiger partial charge in [-0.1, -0.05) is 36.4 Å². The molecule has 0 aliphatic rings. The van der Waals surface area contributed by atoms with Gasteiger partial charge in [-0.2, -0.15) is 4.99 Å². The van der Waals surface area contributed by atoms with Gasteiger partial charge in [-0.05, 0) is 35.4 Å². The molecule has 2 aromatic carbocycles. The van der Waals surface area contributed by atoms with Crippen LogP contribution in [-0.4, -0.2) is 11.4 Å². The van der Waals surface area contributed by atoms with E-state index in [-0.39, 0.29) is 6.54 Å². The molecule has 2 aromatic rings. The van der Waals surface area contributed by atoms with E-state index in [0.29, 0.717) is 16.9 Å². The lowest BCUT2D eigenvalue weighted by molar-refractivity contribution is 0.264. The van der Waals surface area contributed by atoms with Crippen molar-refractivity contribution in [3.05, 3.63) is 60.2 Å². The SMILES string of the molecule is O=C=Nc1ccccc1CN(C(=O)Cl)c1ccccc1. The number of para-hydroxylation sites is 2. The average molecular weight is 287 g/mol. The van der Waals surface area contributed by atoms with Gasteiger partial charge in [0, 0.05) is 5.69 Å². The van der Waals surface area contributed by atoms with Crippen LogP contribution in [0.2, 0.25) is 0 Å². The fourth-order valence-electron chi connectivity index (χ4n) is 1.84. The predicted molar refractivity (Wildman–Crippen MR) is 78.1 cm³/mol. The standard InChI is InChI=1S/C15H11ClN2O2/c16-15(20)18(13-7-2-1-3-8-13)10-12-6-4-5-9-14(12)17-11-19/h1-9H,10H2. The van der Waals surface area contributed by atoms with Crippen LogP contribution >= 0.6 is 11.6 Å². The number of nitrogens with zero attached hydrogens (tertiary/aromatic N) is 2. The Labute approximate surface area is 121 Å². The Morgan fingerprint density at radius 1 is 1.10 bits per heavy atom. The molecule has 0 heterocycles. The molecule has 0 aliphatic carbocycles. The van der Waals surface area contributed by atoms with Gasteiger partial charge >= 0.3 is 5.37 Å². The number of benzene rings is 2. The molecule has 0 radical (unpaired) electrons. The van der Waals surface area contributed by atoms with Crippen LogP contribution < -0.4 is 4.90 Å². The number of carbonyl (C=O) groups is 1. The highest BCUT2D eigenvalue weighted by atomic mass is 35.5. The summed E-state index contributed by atoms with van der Waals surface area (Å²) in [7, 11) is 0. The highest BCUT2D eigenvalue weighted by Crippen LogP contribution is 2.24. The number of hydrogen-bond donors (Lipinski definition) is 0. The van der Waals surface area contributed by atoms with Gasteiger partial charge in [0.05, 0.1) is 12.2 Å². The topological polar surface area (TPSA) is 49.7 Å². The van der Waals surface area contributed by atoms with Crippen LogP contribution in [-0.2, 0) is 11.3 Å². The maximum absolute atomic E-state index is 11.6. The highest BCUT2D eigenvalue weighted by Gasteiger charge is 2.15. The Morgan fingerprint density at radius 2 is 1.75 bits per heavy atom. The largest absolute Gasteiger partial charge is 0.321 e. The zero-order chi connectivity index (χ0) is 14.4. The van der Waals surface area contributed by atoms with Crippen LogP contribution in [0.5, 0.6) is 0 Å². The summed E-state index contributed by atoms with van der Waals surface area (Å²) in [6.07, 6.45) is 1.51. The molecule has 0 unspecified atom stereocenters. The number of amides is 1. The third kappa shape index (κ3) is 3.32. The van der Waals surface area contributed by atoms with Crippen molar-refractivity contribution in [2.24, 2.45) is 4.99 Å². The first-order valence-electron chi connectivity index (χ1n) is 5.90. The number of carbonyl (C=O) groups excluding carboxylic acids is 2. The molecule has 0 fully saturated rings. The van der Waals surface area contributed by atoms with E-state index in [4.69, 9.17) is 11.6 Å². The minimum Gasteiger partial charge on any atom is -0.294 e. The lowest BCUT2D eigenvalue weighted by Gasteiger charge is -2.20. The summed E-state index contributed by atoms with van der Waals surface area (Å²) < 4.78 is 0. The summed E-state index contributed by atoms with van der Waals surface area (Å²) in [4.78, 5) is 27.0. The Balaban J connectivity index is 2.35. The van der Waals surface area contributed by atoms with Crippen LogP contribution in [0, 0.1) is 0 Å². The summed E-state index contributed by atoms with van der Waals surface area (Å²) in [5.41, 5.74) is 1.87. The summed E-state index contributed by atoms with van der Waals surface area (Å²) >= 11 is 5.64. The van der Waals surface area contributed by atoms with Crippen molar-refractivity contribution in [2.75, 3.05) is 4.90 Å². The van der Waals surface area contributed by atoms with Crippen molar-refractivity contribution in [3.63, 3.8) is 0 Å². The fraction of sp³-hybridized carbons (Fsp3) is 0.0667. The van der Waals surface area contributed by atoms with Gasteiger partial charge in [0.1, 0.15) is 0 Å². The Bertz CT molecular complexity index is 652. The van der Waals surface area contributed by atoms with Crippen molar-refractivity contribution >= 4 is 34.4 Å². The van der Waals surface area contributed by atoms with Crippen molar-refractivity contribution in [1.82, 2.24) is 0 Å². The molecule has 100 valence electrons. The molecule has 0 saturated heterocycles. The molecule has 0 bridgehead atoms. The normalized spacial score (nSPS) is 9.65. The van der Waals surface area contributed by atoms with Gasteiger partial charge in [-0.3, -0.25) is 9.69 Å². The first kappa shape index (κ1) is 14.0. The molecular weight excluding hydrogens is 276 g/mol. The lowest BCUT2D eigenvalue weighted by Crippen LogP contribution is -2.25. The zero-order valence-electron chi connectivity index (χ0n) is 10.5. The quantitative estimate of drug-likeness (QED) is 0.369. The molecule has 0 atom stereocenters. The maximum atomic E-state index is 11.6. The van der Waals surface area contributed by atoms with Crippen LogP contribution in [0.25, 0.3) is 0 Å². The third-order valence-corrected chi connectivity index (χ3v) is 2.97. The average Bonchev–Trinajstić information content (AvgIpc) is 2.47. The monoisotopic (exact) mass is 286 g/mol. The van der Waals surface area contributed by atoms with E-state index < -0.39 is 5.37 Å². The molecule has 5 heteroatoms. The number of aliphatic imine (C=N–C) groups is 1. The van der Waals surface area contributed by atoms with Crippen molar-refractivity contribution in [1.29, 1.82) is 0 Å². The van der Waals surface area contributed by atoms with Crippen LogP contribution in [0.4, 0.5) is 16.2 Å². The van der Waals surface area contributed by atoms with Gasteiger partial charge in [-0.25, -0.2) is 4.79 Å². The van der Waals surface area contributed by atoms with Crippen LogP contribution in [0.3, 0.4) is 0 Å². The number of anilines is 1. The number of rotatable bonds is 4. The minimum absolute atomic E-state index is 0.230. The second-order valence-electron chi connectivity index (χ2n) is 4.01. The van der Waals surface area contributed by atoms with Gasteiger partial charge in [-0.15, -0.1) is 0 Å². The molecule has 0 spiro atoms. The van der Waals surface area contributed by atoms with Crippen molar-refractivity contribution < 1.29 is 9.59 Å². The van der Waals surface area contributed by atoms with Gasteiger partial charge < -0.3 is 0 Å². The van der Waals surface area contributed by atoms with E-state index in [1.54, 1.807) is 36.4 Å². The second-order valence-corrected chi connectivity index (χ2v) is 4.33. The van der Waals surface area contributed by atoms with Crippen LogP contribution in [0.1, 0.15) is 5.56 Å². The zero-order valence-corrected chi connectivity index (χ0v) is 11.2. The summed E-state index contributed by atoms with van der Waals surface area (Å²) in [5.74, 6) is 0. The fourth-order valence-corrected chi connectivity index (χ4v) is 1.99. The van der Waals surface area contributed by atoms with Crippen LogP contribution in [0.15, 0.2) is 59.6 Å². The Kier molecular flexibility index (Phi) is 4.66. The summed E-state index contributed by atoms with van der Waals surface area (Å²) in [5, 5.41) is -0.596. The molecule has 4 nitrogen and oxygen atoms in total. The molecule has 0 saturated carbocycles. The molecule has 20 heavy (non-hydrogen) atoms. The first-order chi connectivity index (χ1) is 9.72. The van der Waals surface area contributed by atoms with E-state index in [1.165, 1.54) is 11.0 Å². The van der Waals surface area contributed by atoms with E-state index in [2.05, 4.69) is 4.99 Å². The molecule has 0 aromatic heterocycles. The van der Waals surface area contributed by atoms with E-state index in [1.807, 2.05) is 18.2 Å². The van der Waals surface area contributed by atoms with E-state index >= 15 is 0 Å². The van der Waals surface area contributed by atoms with E-state index in [9.17, 15) is 9.59 Å². The Morgan fingerprint density at radius 3 is 2.40 bits per heavy atom. The Hall–Kier alpha value is -2.42. The minimum atomic E-state index is -0.596. The highest BCUT2D eigenvalue weighted by molar-refractivity contribution is 6.66. The maximum Gasteiger partial charge on any atom is 0.321 e.